The molecule has 26 heavy (non-hydrogen) atoms. The number of nitrogens with two attached hydrogens (primary N) is 1. The maximum atomic E-state index is 12.1. The standard InChI is InChI=1S/C20H26N4O2/c1-14(2)15-6-4-8-17(12-15)24-20(21)23-11-10-22-19(25)16-7-5-9-18(13-16)26-3/h4-9,12-14H,10-11H2,1-3H3,(H,22,25)(H3,21,23,24). The third-order valence-electron chi connectivity index (χ3n) is 3.84. The number of anilines is 1. The molecule has 0 saturated carbocycles. The number of aliphatic imine (C=N–C) groups is 1. The molecule has 2 aromatic rings. The van der Waals surface area contributed by atoms with Gasteiger partial charge in [0.15, 0.2) is 5.96 Å². The highest BCUT2D eigenvalue weighted by atomic mass is 16.5. The lowest BCUT2D eigenvalue weighted by molar-refractivity contribution is 0.0954. The fourth-order valence-electron chi connectivity index (χ4n) is 2.38. The van der Waals surface area contributed by atoms with E-state index in [1.807, 2.05) is 12.1 Å². The Morgan fingerprint density at radius 3 is 2.69 bits per heavy atom. The summed E-state index contributed by atoms with van der Waals surface area (Å²) in [6.07, 6.45) is 0. The molecule has 0 bridgehead atoms. The molecule has 0 aliphatic heterocycles. The lowest BCUT2D eigenvalue weighted by Crippen LogP contribution is -2.28. The Kier molecular flexibility index (Phi) is 7.02. The molecular weight excluding hydrogens is 328 g/mol. The molecule has 0 spiro atoms. The van der Waals surface area contributed by atoms with Crippen LogP contribution in [0, 0.1) is 0 Å². The van der Waals surface area contributed by atoms with Crippen molar-refractivity contribution in [3.63, 3.8) is 0 Å². The molecule has 1 amide bonds. The number of nitrogens with one attached hydrogen (secondary N) is 2. The highest BCUT2D eigenvalue weighted by molar-refractivity contribution is 5.94. The van der Waals surface area contributed by atoms with Crippen LogP contribution < -0.4 is 21.1 Å². The fourth-order valence-corrected chi connectivity index (χ4v) is 2.38. The quantitative estimate of drug-likeness (QED) is 0.405. The third kappa shape index (κ3) is 5.81. The first-order valence-corrected chi connectivity index (χ1v) is 8.58. The normalized spacial score (nSPS) is 11.3. The van der Waals surface area contributed by atoms with Crippen LogP contribution in [0.3, 0.4) is 0 Å². The number of hydrogen-bond donors (Lipinski definition) is 3. The minimum atomic E-state index is -0.171. The van der Waals surface area contributed by atoms with Gasteiger partial charge in [0.05, 0.1) is 13.7 Å². The smallest absolute Gasteiger partial charge is 0.251 e. The Morgan fingerprint density at radius 1 is 1.19 bits per heavy atom. The van der Waals surface area contributed by atoms with E-state index in [9.17, 15) is 4.79 Å². The summed E-state index contributed by atoms with van der Waals surface area (Å²) >= 11 is 0. The number of nitrogens with zero attached hydrogens (tertiary/aromatic N) is 1. The number of carbonyl (C=O) groups is 1. The van der Waals surface area contributed by atoms with Gasteiger partial charge in [0, 0.05) is 17.8 Å². The van der Waals surface area contributed by atoms with E-state index in [1.165, 1.54) is 5.56 Å². The molecule has 0 fully saturated rings. The van der Waals surface area contributed by atoms with Crippen LogP contribution >= 0.6 is 0 Å². The molecular formula is C20H26N4O2. The van der Waals surface area contributed by atoms with Crippen molar-refractivity contribution >= 4 is 17.6 Å². The van der Waals surface area contributed by atoms with E-state index in [0.29, 0.717) is 36.3 Å². The number of hydrogen-bond acceptors (Lipinski definition) is 3. The van der Waals surface area contributed by atoms with Crippen LogP contribution in [0.5, 0.6) is 5.75 Å². The molecule has 2 rings (SSSR count). The Bertz CT molecular complexity index is 772. The van der Waals surface area contributed by atoms with E-state index in [0.717, 1.165) is 5.69 Å². The Labute approximate surface area is 154 Å². The summed E-state index contributed by atoms with van der Waals surface area (Å²) in [5, 5.41) is 5.88. The number of rotatable bonds is 7. The van der Waals surface area contributed by atoms with Crippen molar-refractivity contribution in [2.45, 2.75) is 19.8 Å². The average Bonchev–Trinajstić information content (AvgIpc) is 2.65. The van der Waals surface area contributed by atoms with Crippen LogP contribution in [0.1, 0.15) is 35.7 Å². The second-order valence-electron chi connectivity index (χ2n) is 6.16. The van der Waals surface area contributed by atoms with E-state index in [1.54, 1.807) is 31.4 Å². The third-order valence-corrected chi connectivity index (χ3v) is 3.84. The lowest BCUT2D eigenvalue weighted by atomic mass is 10.0. The summed E-state index contributed by atoms with van der Waals surface area (Å²) in [5.74, 6) is 1.24. The molecule has 6 nitrogen and oxygen atoms in total. The Morgan fingerprint density at radius 2 is 1.96 bits per heavy atom. The lowest BCUT2D eigenvalue weighted by Gasteiger charge is -2.10. The second kappa shape index (κ2) is 9.46. The summed E-state index contributed by atoms with van der Waals surface area (Å²) in [6, 6.07) is 15.1. The maximum absolute atomic E-state index is 12.1. The predicted octanol–water partition coefficient (Wildman–Crippen LogP) is 2.98. The second-order valence-corrected chi connectivity index (χ2v) is 6.16. The van der Waals surface area contributed by atoms with E-state index in [-0.39, 0.29) is 5.91 Å². The molecule has 4 N–H and O–H groups in total. The summed E-state index contributed by atoms with van der Waals surface area (Å²) in [5.41, 5.74) is 8.58. The van der Waals surface area contributed by atoms with Crippen LogP contribution in [-0.2, 0) is 0 Å². The van der Waals surface area contributed by atoms with Crippen molar-refractivity contribution in [1.82, 2.24) is 5.32 Å². The van der Waals surface area contributed by atoms with Crippen LogP contribution in [0.25, 0.3) is 0 Å². The highest BCUT2D eigenvalue weighted by Gasteiger charge is 2.05. The van der Waals surface area contributed by atoms with Crippen molar-refractivity contribution in [3.05, 3.63) is 59.7 Å². The molecule has 0 radical (unpaired) electrons. The van der Waals surface area contributed by atoms with Gasteiger partial charge in [-0.2, -0.15) is 0 Å². The SMILES string of the molecule is COc1cccc(C(=O)NCCN=C(N)Nc2cccc(C(C)C)c2)c1. The summed E-state index contributed by atoms with van der Waals surface area (Å²) in [7, 11) is 1.57. The zero-order valence-corrected chi connectivity index (χ0v) is 15.5. The van der Waals surface area contributed by atoms with Crippen LogP contribution in [0.4, 0.5) is 5.69 Å². The first-order chi connectivity index (χ1) is 12.5. The number of ether oxygens (including phenoxy) is 1. The van der Waals surface area contributed by atoms with Crippen molar-refractivity contribution in [1.29, 1.82) is 0 Å². The minimum absolute atomic E-state index is 0.171. The highest BCUT2D eigenvalue weighted by Crippen LogP contribution is 2.18. The van der Waals surface area contributed by atoms with Gasteiger partial charge >= 0.3 is 0 Å². The molecule has 0 aliphatic rings. The largest absolute Gasteiger partial charge is 0.497 e. The molecule has 6 heteroatoms. The van der Waals surface area contributed by atoms with Gasteiger partial charge in [-0.25, -0.2) is 0 Å². The van der Waals surface area contributed by atoms with Gasteiger partial charge in [-0.15, -0.1) is 0 Å². The number of methoxy groups -OCH3 is 1. The number of amides is 1. The summed E-state index contributed by atoms with van der Waals surface area (Å²) < 4.78 is 5.12. The van der Waals surface area contributed by atoms with Crippen LogP contribution in [0.2, 0.25) is 0 Å². The number of carbonyl (C=O) groups excluding carboxylic acids is 1. The Balaban J connectivity index is 1.82. The molecule has 138 valence electrons. The zero-order chi connectivity index (χ0) is 18.9. The van der Waals surface area contributed by atoms with Gasteiger partial charge in [-0.3, -0.25) is 9.79 Å². The van der Waals surface area contributed by atoms with Crippen molar-refractivity contribution in [3.8, 4) is 5.75 Å². The number of benzene rings is 2. The first kappa shape index (κ1) is 19.3. The molecule has 0 saturated heterocycles. The van der Waals surface area contributed by atoms with Gasteiger partial charge in [0.1, 0.15) is 5.75 Å². The van der Waals surface area contributed by atoms with Crippen LogP contribution in [-0.4, -0.2) is 32.1 Å². The predicted molar refractivity (Wildman–Crippen MR) is 106 cm³/mol. The molecule has 0 heterocycles. The molecule has 0 aliphatic carbocycles. The van der Waals surface area contributed by atoms with Gasteiger partial charge in [-0.05, 0) is 41.8 Å². The summed E-state index contributed by atoms with van der Waals surface area (Å²) in [4.78, 5) is 16.3. The van der Waals surface area contributed by atoms with E-state index < -0.39 is 0 Å². The molecule has 2 aromatic carbocycles. The first-order valence-electron chi connectivity index (χ1n) is 8.58. The molecule has 0 atom stereocenters. The summed E-state index contributed by atoms with van der Waals surface area (Å²) in [6.45, 7) is 5.06. The van der Waals surface area contributed by atoms with Crippen molar-refractivity contribution in [2.75, 3.05) is 25.5 Å². The zero-order valence-electron chi connectivity index (χ0n) is 15.5. The van der Waals surface area contributed by atoms with E-state index in [2.05, 4.69) is 41.6 Å². The average molecular weight is 354 g/mol. The van der Waals surface area contributed by atoms with Gasteiger partial charge in [-0.1, -0.05) is 32.0 Å². The van der Waals surface area contributed by atoms with E-state index in [4.69, 9.17) is 10.5 Å². The van der Waals surface area contributed by atoms with E-state index >= 15 is 0 Å². The maximum Gasteiger partial charge on any atom is 0.251 e. The van der Waals surface area contributed by atoms with Gasteiger partial charge in [0.2, 0.25) is 0 Å². The molecule has 0 unspecified atom stereocenters. The molecule has 0 aromatic heterocycles. The van der Waals surface area contributed by atoms with Crippen molar-refractivity contribution < 1.29 is 9.53 Å². The monoisotopic (exact) mass is 354 g/mol. The minimum Gasteiger partial charge on any atom is -0.497 e. The topological polar surface area (TPSA) is 88.7 Å². The fraction of sp³-hybridized carbons (Fsp3) is 0.300. The number of guanidine groups is 1. The Hall–Kier alpha value is -3.02. The van der Waals surface area contributed by atoms with Gasteiger partial charge in [0.25, 0.3) is 5.91 Å². The van der Waals surface area contributed by atoms with Gasteiger partial charge < -0.3 is 21.1 Å². The van der Waals surface area contributed by atoms with Crippen LogP contribution in [0.15, 0.2) is 53.5 Å². The van der Waals surface area contributed by atoms with Crippen molar-refractivity contribution in [2.24, 2.45) is 10.7 Å².